The summed E-state index contributed by atoms with van der Waals surface area (Å²) in [5.41, 5.74) is 1.05. The van der Waals surface area contributed by atoms with Crippen molar-refractivity contribution in [1.29, 1.82) is 0 Å². The van der Waals surface area contributed by atoms with Crippen LogP contribution in [-0.2, 0) is 4.79 Å². The second kappa shape index (κ2) is 3.19. The molecule has 100 valence electrons. The van der Waals surface area contributed by atoms with Crippen LogP contribution in [0.3, 0.4) is 0 Å². The first-order valence-electron chi connectivity index (χ1n) is 6.90. The number of aliphatic carboxylic acids is 1. The van der Waals surface area contributed by atoms with Crippen molar-refractivity contribution in [3.8, 4) is 0 Å². The van der Waals surface area contributed by atoms with Crippen LogP contribution in [0.25, 0.3) is 0 Å². The highest BCUT2D eigenvalue weighted by Crippen LogP contribution is 2.74. The van der Waals surface area contributed by atoms with Crippen molar-refractivity contribution in [2.45, 2.75) is 58.5 Å². The third-order valence-corrected chi connectivity index (χ3v) is 6.38. The zero-order valence-electron chi connectivity index (χ0n) is 11.4. The van der Waals surface area contributed by atoms with Crippen LogP contribution in [-0.4, -0.2) is 21.8 Å². The second-order valence-electron chi connectivity index (χ2n) is 7.07. The van der Waals surface area contributed by atoms with Crippen LogP contribution in [0.1, 0.15) is 52.9 Å². The lowest BCUT2D eigenvalue weighted by molar-refractivity contribution is -0.132. The third-order valence-electron chi connectivity index (χ3n) is 6.38. The zero-order chi connectivity index (χ0) is 13.3. The average Bonchev–Trinajstić information content (AvgIpc) is 2.78. The molecule has 4 atom stereocenters. The SMILES string of the molecule is CC1=C(C(=O)O)C[C@]2(C)CC[C@H]3[C@@](C)(O)CC[C@]132. The molecule has 3 aliphatic rings. The summed E-state index contributed by atoms with van der Waals surface area (Å²) in [5.74, 6) is -0.519. The molecule has 1 spiro atoms. The summed E-state index contributed by atoms with van der Waals surface area (Å²) in [4.78, 5) is 11.4. The number of allylic oxidation sites excluding steroid dienone is 1. The number of rotatable bonds is 1. The molecule has 18 heavy (non-hydrogen) atoms. The first kappa shape index (κ1) is 12.2. The molecule has 0 aromatic rings. The van der Waals surface area contributed by atoms with E-state index < -0.39 is 11.6 Å². The Hall–Kier alpha value is -0.830. The van der Waals surface area contributed by atoms with Crippen LogP contribution in [0.15, 0.2) is 11.1 Å². The summed E-state index contributed by atoms with van der Waals surface area (Å²) in [6, 6.07) is 0. The normalized spacial score (nSPS) is 50.6. The maximum Gasteiger partial charge on any atom is 0.331 e. The van der Waals surface area contributed by atoms with Gasteiger partial charge in [-0.05, 0) is 57.3 Å². The van der Waals surface area contributed by atoms with Crippen LogP contribution in [0, 0.1) is 16.7 Å². The lowest BCUT2D eigenvalue weighted by Crippen LogP contribution is -2.39. The molecule has 0 aromatic heterocycles. The van der Waals surface area contributed by atoms with E-state index in [9.17, 15) is 15.0 Å². The standard InChI is InChI=1S/C15H22O3/c1-9-10(12(16)17)8-13(2)5-4-11-14(3,18)6-7-15(9,11)13/h11,18H,4-8H2,1-3H3,(H,16,17)/t11-,13-,14-,15-/m0/s1. The van der Waals surface area contributed by atoms with Crippen molar-refractivity contribution in [2.75, 3.05) is 0 Å². The molecule has 0 amide bonds. The van der Waals surface area contributed by atoms with Crippen molar-refractivity contribution in [3.63, 3.8) is 0 Å². The molecule has 0 unspecified atom stereocenters. The number of hydrogen-bond donors (Lipinski definition) is 2. The Morgan fingerprint density at radius 2 is 1.94 bits per heavy atom. The molecule has 3 aliphatic carbocycles. The summed E-state index contributed by atoms with van der Waals surface area (Å²) in [7, 11) is 0. The van der Waals surface area contributed by atoms with Gasteiger partial charge in [0, 0.05) is 11.0 Å². The maximum atomic E-state index is 11.4. The Morgan fingerprint density at radius 1 is 1.28 bits per heavy atom. The van der Waals surface area contributed by atoms with Crippen LogP contribution < -0.4 is 0 Å². The largest absolute Gasteiger partial charge is 0.478 e. The molecule has 3 heteroatoms. The van der Waals surface area contributed by atoms with Crippen molar-refractivity contribution in [1.82, 2.24) is 0 Å². The number of carboxylic acids is 1. The van der Waals surface area contributed by atoms with Gasteiger partial charge in [-0.15, -0.1) is 0 Å². The Kier molecular flexibility index (Phi) is 2.16. The van der Waals surface area contributed by atoms with Crippen molar-refractivity contribution >= 4 is 5.97 Å². The van der Waals surface area contributed by atoms with E-state index >= 15 is 0 Å². The van der Waals surface area contributed by atoms with Gasteiger partial charge in [-0.3, -0.25) is 0 Å². The maximum absolute atomic E-state index is 11.4. The predicted molar refractivity (Wildman–Crippen MR) is 68.1 cm³/mol. The molecule has 2 saturated carbocycles. The molecule has 0 saturated heterocycles. The van der Waals surface area contributed by atoms with Crippen LogP contribution in [0.5, 0.6) is 0 Å². The first-order valence-corrected chi connectivity index (χ1v) is 6.90. The van der Waals surface area contributed by atoms with Gasteiger partial charge in [-0.2, -0.15) is 0 Å². The van der Waals surface area contributed by atoms with Gasteiger partial charge in [0.05, 0.1) is 5.60 Å². The van der Waals surface area contributed by atoms with Gasteiger partial charge in [0.2, 0.25) is 0 Å². The molecule has 0 radical (unpaired) electrons. The van der Waals surface area contributed by atoms with Crippen molar-refractivity contribution in [2.24, 2.45) is 16.7 Å². The van der Waals surface area contributed by atoms with Crippen molar-refractivity contribution < 1.29 is 15.0 Å². The van der Waals surface area contributed by atoms with E-state index in [0.29, 0.717) is 12.0 Å². The molecular weight excluding hydrogens is 228 g/mol. The summed E-state index contributed by atoms with van der Waals surface area (Å²) in [6.45, 7) is 6.16. The van der Waals surface area contributed by atoms with Gasteiger partial charge in [0.15, 0.2) is 0 Å². The van der Waals surface area contributed by atoms with Gasteiger partial charge < -0.3 is 10.2 Å². The summed E-state index contributed by atoms with van der Waals surface area (Å²) in [6.07, 6.45) is 4.51. The second-order valence-corrected chi connectivity index (χ2v) is 7.07. The molecule has 0 bridgehead atoms. The van der Waals surface area contributed by atoms with Gasteiger partial charge in [0.25, 0.3) is 0 Å². The molecule has 3 nitrogen and oxygen atoms in total. The Morgan fingerprint density at radius 3 is 2.56 bits per heavy atom. The molecule has 2 fully saturated rings. The van der Waals surface area contributed by atoms with Gasteiger partial charge in [-0.25, -0.2) is 4.79 Å². The number of hydrogen-bond acceptors (Lipinski definition) is 2. The van der Waals surface area contributed by atoms with Crippen LogP contribution in [0.2, 0.25) is 0 Å². The van der Waals surface area contributed by atoms with E-state index in [1.807, 2.05) is 13.8 Å². The highest BCUT2D eigenvalue weighted by atomic mass is 16.4. The Labute approximate surface area is 108 Å². The predicted octanol–water partition coefficient (Wildman–Crippen LogP) is 2.74. The summed E-state index contributed by atoms with van der Waals surface area (Å²) >= 11 is 0. The van der Waals surface area contributed by atoms with Crippen molar-refractivity contribution in [3.05, 3.63) is 11.1 Å². The minimum absolute atomic E-state index is 0.0514. The number of carbonyl (C=O) groups is 1. The third kappa shape index (κ3) is 1.12. The fourth-order valence-corrected chi connectivity index (χ4v) is 5.47. The summed E-state index contributed by atoms with van der Waals surface area (Å²) in [5, 5.41) is 20.0. The topological polar surface area (TPSA) is 57.5 Å². The van der Waals surface area contributed by atoms with E-state index in [1.54, 1.807) is 0 Å². The molecular formula is C15H22O3. The van der Waals surface area contributed by atoms with E-state index in [2.05, 4.69) is 6.92 Å². The fraction of sp³-hybridized carbons (Fsp3) is 0.800. The van der Waals surface area contributed by atoms with Gasteiger partial charge >= 0.3 is 5.97 Å². The highest BCUT2D eigenvalue weighted by Gasteiger charge is 2.69. The minimum Gasteiger partial charge on any atom is -0.478 e. The number of carboxylic acid groups (broad SMARTS) is 1. The lowest BCUT2D eigenvalue weighted by atomic mass is 9.63. The molecule has 0 aromatic carbocycles. The monoisotopic (exact) mass is 250 g/mol. The van der Waals surface area contributed by atoms with E-state index in [4.69, 9.17) is 0 Å². The Bertz CT molecular complexity index is 462. The van der Waals surface area contributed by atoms with E-state index in [0.717, 1.165) is 31.3 Å². The van der Waals surface area contributed by atoms with Crippen LogP contribution in [0.4, 0.5) is 0 Å². The number of aliphatic hydroxyl groups is 1. The minimum atomic E-state index is -0.761. The smallest absolute Gasteiger partial charge is 0.331 e. The molecule has 0 aliphatic heterocycles. The average molecular weight is 250 g/mol. The summed E-state index contributed by atoms with van der Waals surface area (Å²) < 4.78 is 0. The Balaban J connectivity index is 2.17. The molecule has 2 N–H and O–H groups in total. The lowest BCUT2D eigenvalue weighted by Gasteiger charge is -2.41. The highest BCUT2D eigenvalue weighted by molar-refractivity contribution is 5.89. The molecule has 0 heterocycles. The first-order chi connectivity index (χ1) is 8.25. The van der Waals surface area contributed by atoms with E-state index in [1.165, 1.54) is 0 Å². The van der Waals surface area contributed by atoms with Gasteiger partial charge in [-0.1, -0.05) is 12.5 Å². The zero-order valence-corrected chi connectivity index (χ0v) is 11.4. The quantitative estimate of drug-likeness (QED) is 0.752. The van der Waals surface area contributed by atoms with Crippen LogP contribution >= 0.6 is 0 Å². The fourth-order valence-electron chi connectivity index (χ4n) is 5.47. The van der Waals surface area contributed by atoms with Gasteiger partial charge in [0.1, 0.15) is 0 Å². The molecule has 3 rings (SSSR count). The van der Waals surface area contributed by atoms with E-state index in [-0.39, 0.29) is 16.7 Å².